The highest BCUT2D eigenvalue weighted by Crippen LogP contribution is 2.66. The monoisotopic (exact) mass is 433 g/mol. The molecular weight excluding hydrogens is 415 g/mol. The van der Waals surface area contributed by atoms with E-state index < -0.39 is 57.7 Å². The van der Waals surface area contributed by atoms with E-state index in [1.54, 1.807) is 0 Å². The quantitative estimate of drug-likeness (QED) is 0.656. The van der Waals surface area contributed by atoms with Crippen LogP contribution in [0.5, 0.6) is 0 Å². The Kier molecular flexibility index (Phi) is 4.43. The van der Waals surface area contributed by atoms with Crippen LogP contribution >= 0.6 is 10.8 Å². The zero-order valence-electron chi connectivity index (χ0n) is 15.1. The van der Waals surface area contributed by atoms with Gasteiger partial charge >= 0.3 is 12.3 Å². The highest BCUT2D eigenvalue weighted by atomic mass is 32.3. The maximum atomic E-state index is 13.3. The first kappa shape index (κ1) is 20.1. The Morgan fingerprint density at radius 3 is 2.69 bits per heavy atom. The van der Waals surface area contributed by atoms with Gasteiger partial charge in [0.2, 0.25) is 0 Å². The highest BCUT2D eigenvalue weighted by molar-refractivity contribution is 8.26. The molecule has 0 unspecified atom stereocenters. The topological polar surface area (TPSA) is 117 Å². The van der Waals surface area contributed by atoms with Gasteiger partial charge in [0.25, 0.3) is 0 Å². The Morgan fingerprint density at radius 2 is 2.10 bits per heavy atom. The molecule has 158 valence electrons. The van der Waals surface area contributed by atoms with E-state index in [4.69, 9.17) is 10.00 Å². The van der Waals surface area contributed by atoms with Crippen LogP contribution in [0.3, 0.4) is 0 Å². The van der Waals surface area contributed by atoms with Gasteiger partial charge in [0.05, 0.1) is 35.0 Å². The van der Waals surface area contributed by atoms with E-state index in [0.717, 1.165) is 21.3 Å². The first-order valence-electron chi connectivity index (χ1n) is 8.74. The normalized spacial score (nSPS) is 33.3. The molecule has 4 rings (SSSR count). The number of ether oxygens (including phenoxy) is 1. The predicted molar refractivity (Wildman–Crippen MR) is 96.5 cm³/mol. The van der Waals surface area contributed by atoms with Gasteiger partial charge in [0, 0.05) is 19.5 Å². The molecule has 1 aromatic rings. The van der Waals surface area contributed by atoms with Crippen molar-refractivity contribution in [3.63, 3.8) is 0 Å². The summed E-state index contributed by atoms with van der Waals surface area (Å²) in [6, 6.07) is 3.95. The molecule has 0 aliphatic carbocycles. The minimum atomic E-state index is -4.77. The number of nitrogens with zero attached hydrogens (tertiary/aromatic N) is 3. The van der Waals surface area contributed by atoms with Crippen molar-refractivity contribution in [3.05, 3.63) is 29.3 Å². The first-order chi connectivity index (χ1) is 13.5. The molecule has 8 nitrogen and oxygen atoms in total. The van der Waals surface area contributed by atoms with Crippen LogP contribution in [0.4, 0.5) is 23.7 Å². The van der Waals surface area contributed by atoms with Crippen LogP contribution in [-0.4, -0.2) is 62.3 Å². The summed E-state index contributed by atoms with van der Waals surface area (Å²) >= 11 is 0. The van der Waals surface area contributed by atoms with Crippen molar-refractivity contribution in [3.8, 4) is 6.07 Å². The van der Waals surface area contributed by atoms with E-state index in [1.165, 1.54) is 19.2 Å². The second kappa shape index (κ2) is 6.40. The summed E-state index contributed by atoms with van der Waals surface area (Å²) in [4.78, 5) is 12.4. The molecule has 3 aliphatic heterocycles. The number of fused-ring (bicyclic) bond motifs is 5. The molecule has 0 spiro atoms. The Balaban J connectivity index is 1.68. The van der Waals surface area contributed by atoms with E-state index >= 15 is 0 Å². The third-order valence-corrected chi connectivity index (χ3v) is 8.35. The van der Waals surface area contributed by atoms with Crippen molar-refractivity contribution in [2.75, 3.05) is 17.9 Å². The smallest absolute Gasteiger partial charge is 0.417 e. The summed E-state index contributed by atoms with van der Waals surface area (Å²) < 4.78 is 68.7. The molecule has 3 heterocycles. The summed E-state index contributed by atoms with van der Waals surface area (Å²) in [6.45, 7) is 0.0703. The number of nitriles is 1. The second-order valence-electron chi connectivity index (χ2n) is 7.43. The van der Waals surface area contributed by atoms with Crippen LogP contribution in [0.15, 0.2) is 18.2 Å². The van der Waals surface area contributed by atoms with Gasteiger partial charge in [-0.1, -0.05) is 0 Å². The summed E-state index contributed by atoms with van der Waals surface area (Å²) in [6.07, 6.45) is -6.71. The Bertz CT molecular complexity index is 905. The summed E-state index contributed by atoms with van der Waals surface area (Å²) in [5.41, 5.74) is -1.75. The fourth-order valence-corrected chi connectivity index (χ4v) is 7.08. The molecule has 29 heavy (non-hydrogen) atoms. The molecule has 3 N–H and O–H groups in total. The van der Waals surface area contributed by atoms with Gasteiger partial charge in [-0.3, -0.25) is 13.4 Å². The number of halogens is 3. The zero-order chi connectivity index (χ0) is 21.3. The number of carbonyl (C=O) groups is 1. The minimum absolute atomic E-state index is 0.0479. The molecule has 3 fully saturated rings. The number of hydrogen-bond donors (Lipinski definition) is 3. The zero-order valence-corrected chi connectivity index (χ0v) is 15.9. The largest absolute Gasteiger partial charge is 0.465 e. The summed E-state index contributed by atoms with van der Waals surface area (Å²) in [5.74, 6) is -0.339. The number of rotatable bonds is 2. The van der Waals surface area contributed by atoms with E-state index in [-0.39, 0.29) is 18.2 Å². The van der Waals surface area contributed by atoms with Crippen molar-refractivity contribution < 1.29 is 36.9 Å². The molecule has 5 atom stereocenters. The fraction of sp³-hybridized carbons (Fsp3) is 0.529. The Hall–Kier alpha value is -2.20. The van der Waals surface area contributed by atoms with Gasteiger partial charge in [0.1, 0.15) is 11.4 Å². The van der Waals surface area contributed by atoms with Gasteiger partial charge in [-0.05, 0) is 24.6 Å². The van der Waals surface area contributed by atoms with E-state index in [1.807, 2.05) is 0 Å². The molecular formula is C17H18F3N3O5S. The van der Waals surface area contributed by atoms with E-state index in [9.17, 15) is 32.2 Å². The first-order valence-corrected chi connectivity index (χ1v) is 10.3. The third-order valence-electron chi connectivity index (χ3n) is 5.99. The number of likely N-dealkylation sites (N-methyl/N-ethyl adjacent to an activating group) is 1. The molecule has 3 aliphatic rings. The van der Waals surface area contributed by atoms with Crippen LogP contribution in [0.2, 0.25) is 0 Å². The van der Waals surface area contributed by atoms with Crippen LogP contribution in [0.25, 0.3) is 0 Å². The fourth-order valence-electron chi connectivity index (χ4n) is 4.63. The molecule has 12 heteroatoms. The average Bonchev–Trinajstić information content (AvgIpc) is 3.29. The maximum absolute atomic E-state index is 13.3. The lowest BCUT2D eigenvalue weighted by molar-refractivity contribution is -0.137. The predicted octanol–water partition coefficient (Wildman–Crippen LogP) is 3.20. The van der Waals surface area contributed by atoms with Crippen LogP contribution in [-0.2, 0) is 10.9 Å². The van der Waals surface area contributed by atoms with E-state index in [2.05, 4.69) is 0 Å². The van der Waals surface area contributed by atoms with Crippen molar-refractivity contribution in [2.45, 2.75) is 36.1 Å². The van der Waals surface area contributed by atoms with Crippen LogP contribution in [0, 0.1) is 17.2 Å². The number of benzene rings is 1. The van der Waals surface area contributed by atoms with Gasteiger partial charge in [-0.15, -0.1) is 10.8 Å². The lowest BCUT2D eigenvalue weighted by Crippen LogP contribution is -2.50. The molecule has 3 saturated heterocycles. The molecule has 0 radical (unpaired) electrons. The second-order valence-corrected chi connectivity index (χ2v) is 9.53. The van der Waals surface area contributed by atoms with Gasteiger partial charge in [-0.25, -0.2) is 4.79 Å². The van der Waals surface area contributed by atoms with Crippen molar-refractivity contribution in [1.82, 2.24) is 4.90 Å². The number of alkyl halides is 3. The molecule has 1 aromatic carbocycles. The lowest BCUT2D eigenvalue weighted by atomic mass is 9.85. The maximum Gasteiger partial charge on any atom is 0.417 e. The lowest BCUT2D eigenvalue weighted by Gasteiger charge is -2.45. The molecule has 2 bridgehead atoms. The molecule has 0 aromatic heterocycles. The third kappa shape index (κ3) is 2.92. The minimum Gasteiger partial charge on any atom is -0.465 e. The number of anilines is 1. The number of amides is 1. The van der Waals surface area contributed by atoms with E-state index in [0.29, 0.717) is 6.42 Å². The van der Waals surface area contributed by atoms with Gasteiger partial charge < -0.3 is 14.7 Å². The van der Waals surface area contributed by atoms with Crippen molar-refractivity contribution in [2.24, 2.45) is 5.92 Å². The number of carboxylic acid groups (broad SMARTS) is 1. The Labute approximate surface area is 165 Å². The highest BCUT2D eigenvalue weighted by Gasteiger charge is 2.65. The summed E-state index contributed by atoms with van der Waals surface area (Å²) in [5, 5.41) is 17.4. The molecule has 0 saturated carbocycles. The van der Waals surface area contributed by atoms with Crippen LogP contribution < -0.4 is 4.31 Å². The SMILES string of the molecule is CN(C(=O)O)[C@H]1C[C@@H]2O[C@H]1[C@@H]1[C@H]2CN(c2ccc(C#N)c(C(F)(F)F)c2)S1(O)O. The average molecular weight is 433 g/mol. The Morgan fingerprint density at radius 1 is 1.41 bits per heavy atom. The van der Waals surface area contributed by atoms with Gasteiger partial charge in [0.15, 0.2) is 0 Å². The number of hydrogen-bond acceptors (Lipinski definition) is 6. The summed E-state index contributed by atoms with van der Waals surface area (Å²) in [7, 11) is -2.21. The van der Waals surface area contributed by atoms with Crippen molar-refractivity contribution in [1.29, 1.82) is 5.26 Å². The standard InChI is InChI=1S/C17H18F3N3O5S/c1-22(16(24)25)12-5-13-10-7-23(29(26,27)15(10)14(12)28-13)9-3-2-8(6-21)11(4-9)17(18,19)20/h2-4,10,12-15,26-27H,5,7H2,1H3,(H,24,25)/t10-,12-,13-,14+,15-/m0/s1. The van der Waals surface area contributed by atoms with Crippen molar-refractivity contribution >= 4 is 22.6 Å². The van der Waals surface area contributed by atoms with Gasteiger partial charge in [-0.2, -0.15) is 18.4 Å². The molecule has 1 amide bonds. The van der Waals surface area contributed by atoms with Crippen LogP contribution in [0.1, 0.15) is 17.5 Å².